The fraction of sp³-hybridized carbons (Fsp3) is 0.812. The van der Waals surface area contributed by atoms with E-state index in [0.717, 1.165) is 18.8 Å². The first-order chi connectivity index (χ1) is 8.72. The van der Waals surface area contributed by atoms with Gasteiger partial charge in [-0.3, -0.25) is 9.69 Å². The molecule has 2 saturated carbocycles. The van der Waals surface area contributed by atoms with Crippen molar-refractivity contribution in [1.29, 1.82) is 0 Å². The van der Waals surface area contributed by atoms with Gasteiger partial charge in [-0.25, -0.2) is 0 Å². The second-order valence-corrected chi connectivity index (χ2v) is 6.97. The van der Waals surface area contributed by atoms with Gasteiger partial charge in [-0.15, -0.1) is 0 Å². The van der Waals surface area contributed by atoms with Gasteiger partial charge in [0.1, 0.15) is 5.78 Å². The minimum Gasteiger partial charge on any atom is -0.299 e. The number of hydrogen-bond acceptors (Lipinski definition) is 2. The standard InChI is InChI=1S/C16H23NO/c1-11-8-12-9-15(18)14-5-3-7-17-6-2-4-13(12)16(14,17)10-11/h4,11-12,14H,2-3,5-10H2,1H3/t11-,12-,14+,16+/m0/s1. The van der Waals surface area contributed by atoms with Gasteiger partial charge in [0.15, 0.2) is 0 Å². The van der Waals surface area contributed by atoms with Gasteiger partial charge < -0.3 is 0 Å². The Kier molecular flexibility index (Phi) is 2.30. The second-order valence-electron chi connectivity index (χ2n) is 6.97. The number of piperidine rings is 1. The summed E-state index contributed by atoms with van der Waals surface area (Å²) in [6.45, 7) is 4.81. The average Bonchev–Trinajstić information content (AvgIpc) is 2.33. The van der Waals surface area contributed by atoms with Crippen molar-refractivity contribution in [3.63, 3.8) is 0 Å². The first-order valence-corrected chi connectivity index (χ1v) is 7.70. The van der Waals surface area contributed by atoms with Crippen LogP contribution >= 0.6 is 0 Å². The van der Waals surface area contributed by atoms with Crippen LogP contribution in [0.1, 0.15) is 45.4 Å². The molecule has 2 heterocycles. The van der Waals surface area contributed by atoms with Gasteiger partial charge >= 0.3 is 0 Å². The van der Waals surface area contributed by atoms with Gasteiger partial charge in [-0.2, -0.15) is 0 Å². The van der Waals surface area contributed by atoms with Crippen LogP contribution in [-0.2, 0) is 4.79 Å². The summed E-state index contributed by atoms with van der Waals surface area (Å²) in [5.41, 5.74) is 1.85. The molecule has 0 aromatic heterocycles. The second kappa shape index (κ2) is 3.69. The highest BCUT2D eigenvalue weighted by Gasteiger charge is 2.59. The summed E-state index contributed by atoms with van der Waals surface area (Å²) in [4.78, 5) is 15.2. The van der Waals surface area contributed by atoms with Crippen LogP contribution in [0, 0.1) is 17.8 Å². The molecule has 2 heteroatoms. The minimum absolute atomic E-state index is 0.175. The van der Waals surface area contributed by atoms with E-state index in [1.807, 2.05) is 0 Å². The summed E-state index contributed by atoms with van der Waals surface area (Å²) in [6, 6.07) is 0. The Morgan fingerprint density at radius 3 is 3.17 bits per heavy atom. The quantitative estimate of drug-likeness (QED) is 0.612. The smallest absolute Gasteiger partial charge is 0.138 e. The number of rotatable bonds is 0. The molecule has 4 aliphatic rings. The summed E-state index contributed by atoms with van der Waals surface area (Å²) in [6.07, 6.45) is 9.43. The van der Waals surface area contributed by atoms with Gasteiger partial charge in [0.25, 0.3) is 0 Å². The summed E-state index contributed by atoms with van der Waals surface area (Å²) in [7, 11) is 0. The maximum atomic E-state index is 12.5. The molecule has 2 aliphatic heterocycles. The Labute approximate surface area is 109 Å². The highest BCUT2D eigenvalue weighted by molar-refractivity contribution is 5.86. The highest BCUT2D eigenvalue weighted by Crippen LogP contribution is 2.57. The van der Waals surface area contributed by atoms with Crippen molar-refractivity contribution >= 4 is 5.78 Å². The zero-order chi connectivity index (χ0) is 12.3. The number of carbonyl (C=O) groups is 1. The molecule has 1 saturated heterocycles. The molecule has 4 atom stereocenters. The van der Waals surface area contributed by atoms with Gasteiger partial charge in [-0.1, -0.05) is 13.0 Å². The molecule has 0 aromatic carbocycles. The van der Waals surface area contributed by atoms with E-state index < -0.39 is 0 Å². The largest absolute Gasteiger partial charge is 0.299 e. The van der Waals surface area contributed by atoms with Crippen LogP contribution in [0.3, 0.4) is 0 Å². The predicted molar refractivity (Wildman–Crippen MR) is 71.2 cm³/mol. The lowest BCUT2D eigenvalue weighted by Gasteiger charge is -2.62. The maximum absolute atomic E-state index is 12.5. The number of ketones is 1. The lowest BCUT2D eigenvalue weighted by Crippen LogP contribution is -2.67. The van der Waals surface area contributed by atoms with Crippen LogP contribution in [0.2, 0.25) is 0 Å². The van der Waals surface area contributed by atoms with Crippen molar-refractivity contribution in [1.82, 2.24) is 4.90 Å². The van der Waals surface area contributed by atoms with E-state index in [0.29, 0.717) is 17.6 Å². The zero-order valence-electron chi connectivity index (χ0n) is 11.3. The minimum atomic E-state index is 0.175. The predicted octanol–water partition coefficient (Wildman–Crippen LogP) is 2.79. The fourth-order valence-corrected chi connectivity index (χ4v) is 5.53. The summed E-state index contributed by atoms with van der Waals surface area (Å²) < 4.78 is 0. The Balaban J connectivity index is 1.88. The van der Waals surface area contributed by atoms with Crippen molar-refractivity contribution in [2.75, 3.05) is 13.1 Å². The lowest BCUT2D eigenvalue weighted by molar-refractivity contribution is -0.139. The SMILES string of the molecule is C[C@H]1C[C@H]2CC(=O)[C@H]3CCCN4CCC=C2[C@]34C1. The van der Waals surface area contributed by atoms with Gasteiger partial charge in [0, 0.05) is 18.9 Å². The van der Waals surface area contributed by atoms with Crippen molar-refractivity contribution < 1.29 is 4.79 Å². The molecule has 2 aliphatic carbocycles. The van der Waals surface area contributed by atoms with Crippen molar-refractivity contribution in [2.24, 2.45) is 17.8 Å². The van der Waals surface area contributed by atoms with E-state index >= 15 is 0 Å². The normalized spacial score (nSPS) is 47.5. The Morgan fingerprint density at radius 2 is 2.28 bits per heavy atom. The van der Waals surface area contributed by atoms with Crippen LogP contribution < -0.4 is 0 Å². The monoisotopic (exact) mass is 245 g/mol. The molecule has 0 radical (unpaired) electrons. The third-order valence-corrected chi connectivity index (χ3v) is 5.95. The van der Waals surface area contributed by atoms with Crippen LogP contribution in [0.4, 0.5) is 0 Å². The topological polar surface area (TPSA) is 20.3 Å². The maximum Gasteiger partial charge on any atom is 0.138 e. The summed E-state index contributed by atoms with van der Waals surface area (Å²) in [5.74, 6) is 2.28. The Morgan fingerprint density at radius 1 is 1.39 bits per heavy atom. The molecule has 4 rings (SSSR count). The molecule has 0 unspecified atom stereocenters. The Bertz CT molecular complexity index is 427. The molecule has 2 bridgehead atoms. The number of hydrogen-bond donors (Lipinski definition) is 0. The highest BCUT2D eigenvalue weighted by atomic mass is 16.1. The van der Waals surface area contributed by atoms with Crippen molar-refractivity contribution in [2.45, 2.75) is 51.0 Å². The van der Waals surface area contributed by atoms with Gasteiger partial charge in [0.05, 0.1) is 5.54 Å². The van der Waals surface area contributed by atoms with E-state index in [1.54, 1.807) is 5.57 Å². The molecule has 0 N–H and O–H groups in total. The molecule has 0 aromatic rings. The number of Topliss-reactive ketones (excluding diaryl/α,β-unsaturated/α-hetero) is 1. The van der Waals surface area contributed by atoms with Gasteiger partial charge in [0.2, 0.25) is 0 Å². The molecule has 2 nitrogen and oxygen atoms in total. The first-order valence-electron chi connectivity index (χ1n) is 7.70. The Hall–Kier alpha value is -0.630. The molecule has 3 fully saturated rings. The van der Waals surface area contributed by atoms with Crippen LogP contribution in [0.5, 0.6) is 0 Å². The van der Waals surface area contributed by atoms with E-state index in [2.05, 4.69) is 17.9 Å². The third kappa shape index (κ3) is 1.25. The van der Waals surface area contributed by atoms with Crippen molar-refractivity contribution in [3.8, 4) is 0 Å². The van der Waals surface area contributed by atoms with Crippen LogP contribution in [0.25, 0.3) is 0 Å². The molecular weight excluding hydrogens is 222 g/mol. The zero-order valence-corrected chi connectivity index (χ0v) is 11.3. The molecule has 98 valence electrons. The first kappa shape index (κ1) is 11.2. The van der Waals surface area contributed by atoms with Crippen LogP contribution in [0.15, 0.2) is 11.6 Å². The van der Waals surface area contributed by atoms with E-state index in [-0.39, 0.29) is 5.54 Å². The molecule has 1 spiro atoms. The van der Waals surface area contributed by atoms with E-state index in [1.165, 1.54) is 38.8 Å². The number of nitrogens with zero attached hydrogens (tertiary/aromatic N) is 1. The van der Waals surface area contributed by atoms with E-state index in [9.17, 15) is 4.79 Å². The van der Waals surface area contributed by atoms with E-state index in [4.69, 9.17) is 0 Å². The average molecular weight is 245 g/mol. The molecular formula is C16H23NO. The van der Waals surface area contributed by atoms with Crippen molar-refractivity contribution in [3.05, 3.63) is 11.6 Å². The molecule has 0 amide bonds. The third-order valence-electron chi connectivity index (χ3n) is 5.95. The summed E-state index contributed by atoms with van der Waals surface area (Å²) >= 11 is 0. The van der Waals surface area contributed by atoms with Gasteiger partial charge in [-0.05, 0) is 56.1 Å². The summed E-state index contributed by atoms with van der Waals surface area (Å²) in [5, 5.41) is 0. The number of carbonyl (C=O) groups excluding carboxylic acids is 1. The molecule has 18 heavy (non-hydrogen) atoms. The fourth-order valence-electron chi connectivity index (χ4n) is 5.53. The lowest BCUT2D eigenvalue weighted by atomic mass is 9.52. The van der Waals surface area contributed by atoms with Crippen LogP contribution in [-0.4, -0.2) is 29.3 Å².